The third kappa shape index (κ3) is 10.6. The van der Waals surface area contributed by atoms with Crippen molar-refractivity contribution in [3.05, 3.63) is 77.7 Å². The zero-order valence-corrected chi connectivity index (χ0v) is 36.5. The maximum atomic E-state index is 14.8. The van der Waals surface area contributed by atoms with E-state index >= 15 is 0 Å². The van der Waals surface area contributed by atoms with Crippen LogP contribution >= 0.6 is 0 Å². The van der Waals surface area contributed by atoms with Gasteiger partial charge in [0, 0.05) is 24.4 Å². The van der Waals surface area contributed by atoms with E-state index in [2.05, 4.69) is 36.5 Å². The van der Waals surface area contributed by atoms with Crippen molar-refractivity contribution in [2.75, 3.05) is 6.54 Å². The van der Waals surface area contributed by atoms with Gasteiger partial charge < -0.3 is 29.7 Å². The number of benzene rings is 2. The number of hydrogen-bond donors (Lipinski definition) is 3. The first-order chi connectivity index (χ1) is 30.8. The van der Waals surface area contributed by atoms with Crippen molar-refractivity contribution in [3.63, 3.8) is 0 Å². The number of alkyl carbamates (subject to hydrolysis) is 1. The number of carbonyl (C=O) groups excluding carboxylic acids is 4. The van der Waals surface area contributed by atoms with E-state index < -0.39 is 110 Å². The summed E-state index contributed by atoms with van der Waals surface area (Å²) in [5.74, 6) is -4.62. The zero-order chi connectivity index (χ0) is 48.1. The van der Waals surface area contributed by atoms with Crippen molar-refractivity contribution in [2.45, 2.75) is 113 Å². The maximum absolute atomic E-state index is 14.8. The molecule has 16 nitrogen and oxygen atoms in total. The molecule has 3 saturated carbocycles. The van der Waals surface area contributed by atoms with E-state index in [4.69, 9.17) is 4.74 Å². The van der Waals surface area contributed by atoms with Gasteiger partial charge in [0.1, 0.15) is 35.2 Å². The zero-order valence-electron chi connectivity index (χ0n) is 35.7. The highest BCUT2D eigenvalue weighted by atomic mass is 32.2. The fraction of sp³-hybridized carbons (Fsp3) is 0.488. The molecule has 4 amide bonds. The molecule has 2 heterocycles. The second kappa shape index (κ2) is 17.6. The lowest BCUT2D eigenvalue weighted by atomic mass is 9.85. The van der Waals surface area contributed by atoms with Gasteiger partial charge in [0.2, 0.25) is 21.8 Å². The summed E-state index contributed by atoms with van der Waals surface area (Å²) in [6.45, 7) is 8.28. The Balaban J connectivity index is 1.27. The number of nitrogens with one attached hydrogen (secondary N) is 3. The predicted molar refractivity (Wildman–Crippen MR) is 222 cm³/mol. The normalized spacial score (nSPS) is 22.6. The fourth-order valence-corrected chi connectivity index (χ4v) is 9.36. The molecule has 4 fully saturated rings. The third-order valence-electron chi connectivity index (χ3n) is 11.9. The van der Waals surface area contributed by atoms with Crippen LogP contribution < -0.4 is 30.4 Å². The van der Waals surface area contributed by atoms with Gasteiger partial charge in [0.05, 0.1) is 23.1 Å². The van der Waals surface area contributed by atoms with Crippen LogP contribution in [0.25, 0.3) is 22.3 Å². The molecule has 1 aromatic heterocycles. The van der Waals surface area contributed by atoms with Crippen LogP contribution in [0.4, 0.5) is 31.1 Å². The molecule has 23 heteroatoms. The minimum atomic E-state index is -5.05. The Morgan fingerprint density at radius 2 is 1.47 bits per heavy atom. The van der Waals surface area contributed by atoms with Gasteiger partial charge >= 0.3 is 18.8 Å². The Bertz CT molecular complexity index is 2560. The highest BCUT2D eigenvalue weighted by molar-refractivity contribution is 7.91. The summed E-state index contributed by atoms with van der Waals surface area (Å²) in [5.41, 5.74) is -3.66. The number of hydrogen-bond acceptors (Lipinski definition) is 11. The number of sulfonamides is 1. The summed E-state index contributed by atoms with van der Waals surface area (Å²) in [5, 5.41) is 8.88. The lowest BCUT2D eigenvalue weighted by Crippen LogP contribution is -2.60. The van der Waals surface area contributed by atoms with Crippen LogP contribution in [0.1, 0.15) is 71.8 Å². The summed E-state index contributed by atoms with van der Waals surface area (Å²) in [4.78, 5) is 71.9. The SMILES string of the molecule is C=C[C@@H]1C[C@]1(NC(=O)[C@@H]1C[C@@H](n2ncc(-c3ccc(OC(F)(F)F)cc3)c(-c3ccc(OC(F)(F)F)cc3)c2=O)CN1C(=O)[C@@H](NC(=O)OC1CCC1)C(C)(C)C)C(=O)NS(=O)(=O)C1CC1. The van der Waals surface area contributed by atoms with Crippen LogP contribution in [0.3, 0.4) is 0 Å². The minimum Gasteiger partial charge on any atom is -0.446 e. The average molecular weight is 953 g/mol. The van der Waals surface area contributed by atoms with Crippen molar-refractivity contribution < 1.29 is 68.1 Å². The second-order valence-corrected chi connectivity index (χ2v) is 19.8. The number of rotatable bonds is 14. The molecule has 0 spiro atoms. The third-order valence-corrected chi connectivity index (χ3v) is 13.8. The molecule has 3 aromatic rings. The molecule has 5 atom stereocenters. The number of halogens is 6. The molecule has 2 aromatic carbocycles. The quantitative estimate of drug-likeness (QED) is 0.129. The number of alkyl halides is 6. The van der Waals surface area contributed by atoms with Crippen LogP contribution in [-0.4, -0.2) is 95.2 Å². The van der Waals surface area contributed by atoms with Gasteiger partial charge in [0.25, 0.3) is 11.5 Å². The number of nitrogens with zero attached hydrogens (tertiary/aromatic N) is 3. The first-order valence-electron chi connectivity index (χ1n) is 20.9. The van der Waals surface area contributed by atoms with Gasteiger partial charge in [-0.05, 0) is 79.3 Å². The van der Waals surface area contributed by atoms with E-state index in [0.717, 1.165) is 52.4 Å². The van der Waals surface area contributed by atoms with Crippen LogP contribution in [0.5, 0.6) is 11.5 Å². The number of carbonyl (C=O) groups is 4. The Kier molecular flexibility index (Phi) is 12.7. The number of aromatic nitrogens is 2. The molecule has 1 aliphatic heterocycles. The molecular formula is C43H46F6N6O10S. The molecule has 1 saturated heterocycles. The van der Waals surface area contributed by atoms with Gasteiger partial charge in [-0.25, -0.2) is 17.9 Å². The standard InChI is InChI=1S/C43H46F6N6O10S/c1-5-25-20-41(25,38(59)53-66(61,62)30-17-18-30)52-35(56)32-19-26(22-54(32)37(58)34(40(2,3)4)51-39(60)63-27-7-6-8-27)55-36(57)33(24-11-15-29(16-12-24)65-43(47,48)49)31(21-50-55)23-9-13-28(14-10-23)64-42(44,45)46/h5,9-16,21,25-27,30,32,34H,1,6-8,17-20,22H2,2-4H3,(H,51,60)(H,52,56)(H,53,59)/t25-,26-,32+,34-,41-/m1/s1. The molecule has 66 heavy (non-hydrogen) atoms. The summed E-state index contributed by atoms with van der Waals surface area (Å²) in [6, 6.07) is 4.60. The van der Waals surface area contributed by atoms with Gasteiger partial charge in [0.15, 0.2) is 0 Å². The van der Waals surface area contributed by atoms with Crippen molar-refractivity contribution in [2.24, 2.45) is 11.3 Å². The lowest BCUT2D eigenvalue weighted by molar-refractivity contribution is -0.275. The predicted octanol–water partition coefficient (Wildman–Crippen LogP) is 5.88. The van der Waals surface area contributed by atoms with E-state index in [1.54, 1.807) is 20.8 Å². The maximum Gasteiger partial charge on any atom is 0.573 e. The average Bonchev–Trinajstić information content (AvgIpc) is 4.13. The highest BCUT2D eigenvalue weighted by Gasteiger charge is 2.62. The largest absolute Gasteiger partial charge is 0.573 e. The van der Waals surface area contributed by atoms with Crippen molar-refractivity contribution >= 4 is 33.8 Å². The lowest BCUT2D eigenvalue weighted by Gasteiger charge is -2.36. The molecule has 7 rings (SSSR count). The molecule has 0 unspecified atom stereocenters. The summed E-state index contributed by atoms with van der Waals surface area (Å²) >= 11 is 0. The van der Waals surface area contributed by atoms with Gasteiger partial charge in [-0.15, -0.1) is 32.9 Å². The molecule has 0 bridgehead atoms. The number of ether oxygens (including phenoxy) is 3. The van der Waals surface area contributed by atoms with E-state index in [1.165, 1.54) is 24.4 Å². The van der Waals surface area contributed by atoms with Crippen molar-refractivity contribution in [3.8, 4) is 33.8 Å². The molecule has 4 aliphatic rings. The topological polar surface area (TPSA) is 204 Å². The Labute approximate surface area is 374 Å². The first-order valence-corrected chi connectivity index (χ1v) is 22.5. The van der Waals surface area contributed by atoms with Crippen LogP contribution in [0.2, 0.25) is 0 Å². The summed E-state index contributed by atoms with van der Waals surface area (Å²) in [6.07, 6.45) is -6.30. The number of likely N-dealkylation sites (tertiary alicyclic amines) is 1. The van der Waals surface area contributed by atoms with Crippen LogP contribution in [0, 0.1) is 11.3 Å². The molecular weight excluding hydrogens is 907 g/mol. The molecule has 3 aliphatic carbocycles. The van der Waals surface area contributed by atoms with Gasteiger partial charge in [-0.1, -0.05) is 51.1 Å². The Morgan fingerprint density at radius 3 is 1.95 bits per heavy atom. The Morgan fingerprint density at radius 1 is 0.894 bits per heavy atom. The molecule has 3 N–H and O–H groups in total. The van der Waals surface area contributed by atoms with E-state index in [1.807, 2.05) is 0 Å². The smallest absolute Gasteiger partial charge is 0.446 e. The molecule has 0 radical (unpaired) electrons. The van der Waals surface area contributed by atoms with E-state index in [0.29, 0.717) is 25.7 Å². The van der Waals surface area contributed by atoms with Gasteiger partial charge in [-0.2, -0.15) is 5.10 Å². The minimum absolute atomic E-state index is 0.0248. The Hall–Kier alpha value is -6.13. The van der Waals surface area contributed by atoms with Crippen LogP contribution in [-0.2, 0) is 29.1 Å². The summed E-state index contributed by atoms with van der Waals surface area (Å²) in [7, 11) is -4.06. The van der Waals surface area contributed by atoms with E-state index in [9.17, 15) is 58.7 Å². The number of amides is 4. The van der Waals surface area contributed by atoms with Crippen molar-refractivity contribution in [1.82, 2.24) is 30.0 Å². The van der Waals surface area contributed by atoms with Gasteiger partial charge in [-0.3, -0.25) is 23.9 Å². The van der Waals surface area contributed by atoms with Crippen LogP contribution in [0.15, 0.2) is 72.2 Å². The second-order valence-electron chi connectivity index (χ2n) is 17.8. The first kappa shape index (κ1) is 47.8. The van der Waals surface area contributed by atoms with Crippen molar-refractivity contribution in [1.29, 1.82) is 0 Å². The highest BCUT2D eigenvalue weighted by Crippen LogP contribution is 2.46. The molecule has 356 valence electrons. The van der Waals surface area contributed by atoms with E-state index in [-0.39, 0.29) is 41.2 Å². The summed E-state index contributed by atoms with van der Waals surface area (Å²) < 4.78 is 120. The monoisotopic (exact) mass is 952 g/mol. The fourth-order valence-electron chi connectivity index (χ4n) is 7.99.